The van der Waals surface area contributed by atoms with E-state index in [1.165, 1.54) is 12.8 Å². The maximum Gasteiger partial charge on any atom is 0.173 e. The first kappa shape index (κ1) is 11.9. The van der Waals surface area contributed by atoms with Crippen molar-refractivity contribution >= 4 is 23.0 Å². The Morgan fingerprint density at radius 2 is 2.24 bits per heavy atom. The Kier molecular flexibility index (Phi) is 3.60. The number of nitrogens with one attached hydrogen (secondary N) is 1. The van der Waals surface area contributed by atoms with Gasteiger partial charge in [-0.1, -0.05) is 12.1 Å². The Morgan fingerprint density at radius 3 is 2.82 bits per heavy atom. The second-order valence-electron chi connectivity index (χ2n) is 4.10. The van der Waals surface area contributed by atoms with Gasteiger partial charge >= 0.3 is 0 Å². The molecule has 2 rings (SSSR count). The Morgan fingerprint density at radius 1 is 1.53 bits per heavy atom. The molecule has 0 radical (unpaired) electrons. The summed E-state index contributed by atoms with van der Waals surface area (Å²) >= 11 is 5.39. The summed E-state index contributed by atoms with van der Waals surface area (Å²) in [6, 6.07) is 10.2. The van der Waals surface area contributed by atoms with Crippen LogP contribution in [0, 0.1) is 11.3 Å². The summed E-state index contributed by atoms with van der Waals surface area (Å²) < 4.78 is 0. The minimum absolute atomic E-state index is 0.592. The van der Waals surface area contributed by atoms with E-state index in [2.05, 4.69) is 23.2 Å². The molecule has 0 unspecified atom stereocenters. The number of nitrogens with zero attached hydrogens (tertiary/aromatic N) is 2. The van der Waals surface area contributed by atoms with E-state index in [9.17, 15) is 0 Å². The first-order valence-electron chi connectivity index (χ1n) is 5.83. The number of thiocarbonyl (C=S) groups is 1. The number of hydrogen-bond acceptors (Lipinski definition) is 2. The summed E-state index contributed by atoms with van der Waals surface area (Å²) in [5.74, 6) is 0. The molecule has 88 valence electrons. The molecule has 1 saturated carbocycles. The highest BCUT2D eigenvalue weighted by molar-refractivity contribution is 7.80. The van der Waals surface area contributed by atoms with Crippen LogP contribution in [0.25, 0.3) is 0 Å². The fourth-order valence-corrected chi connectivity index (χ4v) is 2.22. The van der Waals surface area contributed by atoms with Gasteiger partial charge in [-0.15, -0.1) is 0 Å². The van der Waals surface area contributed by atoms with Crippen LogP contribution in [0.3, 0.4) is 0 Å². The van der Waals surface area contributed by atoms with E-state index in [-0.39, 0.29) is 0 Å². The predicted octanol–water partition coefficient (Wildman–Crippen LogP) is 2.74. The Balaban J connectivity index is 2.09. The highest BCUT2D eigenvalue weighted by Crippen LogP contribution is 2.27. The number of anilines is 1. The van der Waals surface area contributed by atoms with E-state index >= 15 is 0 Å². The van der Waals surface area contributed by atoms with Crippen molar-refractivity contribution in [3.05, 3.63) is 29.8 Å². The monoisotopic (exact) mass is 245 g/mol. The molecule has 3 nitrogen and oxygen atoms in total. The van der Waals surface area contributed by atoms with Gasteiger partial charge in [0.1, 0.15) is 6.07 Å². The summed E-state index contributed by atoms with van der Waals surface area (Å²) in [6.07, 6.45) is 2.44. The van der Waals surface area contributed by atoms with Crippen molar-refractivity contribution in [1.82, 2.24) is 4.90 Å². The van der Waals surface area contributed by atoms with Crippen molar-refractivity contribution in [3.8, 4) is 6.07 Å². The highest BCUT2D eigenvalue weighted by Gasteiger charge is 2.29. The van der Waals surface area contributed by atoms with Gasteiger partial charge in [-0.3, -0.25) is 0 Å². The van der Waals surface area contributed by atoms with E-state index in [0.29, 0.717) is 11.6 Å². The van der Waals surface area contributed by atoms with E-state index in [0.717, 1.165) is 17.3 Å². The average Bonchev–Trinajstić information content (AvgIpc) is 3.15. The van der Waals surface area contributed by atoms with Gasteiger partial charge in [0.05, 0.1) is 11.3 Å². The molecule has 1 aliphatic rings. The molecule has 0 atom stereocenters. The lowest BCUT2D eigenvalue weighted by molar-refractivity contribution is 0.438. The van der Waals surface area contributed by atoms with Gasteiger partial charge in [-0.25, -0.2) is 0 Å². The summed E-state index contributed by atoms with van der Waals surface area (Å²) in [7, 11) is 0. The van der Waals surface area contributed by atoms with E-state index < -0.39 is 0 Å². The van der Waals surface area contributed by atoms with Gasteiger partial charge in [0.2, 0.25) is 0 Å². The number of nitriles is 1. The molecule has 0 amide bonds. The molecule has 1 fully saturated rings. The van der Waals surface area contributed by atoms with Crippen LogP contribution in [0.5, 0.6) is 0 Å². The van der Waals surface area contributed by atoms with Gasteiger partial charge in [0.25, 0.3) is 0 Å². The highest BCUT2D eigenvalue weighted by atomic mass is 32.1. The Hall–Kier alpha value is -1.60. The van der Waals surface area contributed by atoms with Crippen molar-refractivity contribution in [1.29, 1.82) is 5.26 Å². The third-order valence-electron chi connectivity index (χ3n) is 2.88. The van der Waals surface area contributed by atoms with Crippen molar-refractivity contribution in [2.75, 3.05) is 11.9 Å². The lowest BCUT2D eigenvalue weighted by Gasteiger charge is -2.24. The zero-order valence-electron chi connectivity index (χ0n) is 9.81. The van der Waals surface area contributed by atoms with Crippen LogP contribution in [0.4, 0.5) is 5.69 Å². The van der Waals surface area contributed by atoms with Crippen LogP contribution < -0.4 is 5.32 Å². The topological polar surface area (TPSA) is 39.1 Å². The van der Waals surface area contributed by atoms with Gasteiger partial charge in [-0.05, 0) is 44.1 Å². The quantitative estimate of drug-likeness (QED) is 0.831. The number of benzene rings is 1. The number of rotatable bonds is 3. The minimum atomic E-state index is 0.592. The lowest BCUT2D eigenvalue weighted by atomic mass is 10.2. The zero-order valence-corrected chi connectivity index (χ0v) is 10.6. The first-order chi connectivity index (χ1) is 8.26. The fraction of sp³-hybridized carbons (Fsp3) is 0.385. The molecular weight excluding hydrogens is 230 g/mol. The fourth-order valence-electron chi connectivity index (χ4n) is 1.83. The van der Waals surface area contributed by atoms with Crippen LogP contribution in [-0.2, 0) is 0 Å². The predicted molar refractivity (Wildman–Crippen MR) is 72.8 cm³/mol. The van der Waals surface area contributed by atoms with Crippen molar-refractivity contribution < 1.29 is 0 Å². The van der Waals surface area contributed by atoms with Crippen LogP contribution >= 0.6 is 12.2 Å². The maximum atomic E-state index is 9.00. The molecule has 1 aromatic rings. The van der Waals surface area contributed by atoms with Crippen LogP contribution in [-0.4, -0.2) is 22.6 Å². The molecule has 4 heteroatoms. The SMILES string of the molecule is CCN(C(=S)Nc1ccccc1C#N)C1CC1. The Bertz CT molecular complexity index is 460. The smallest absolute Gasteiger partial charge is 0.173 e. The van der Waals surface area contributed by atoms with Crippen molar-refractivity contribution in [2.24, 2.45) is 0 Å². The lowest BCUT2D eigenvalue weighted by Crippen LogP contribution is -2.36. The molecule has 1 N–H and O–H groups in total. The summed E-state index contributed by atoms with van der Waals surface area (Å²) in [5.41, 5.74) is 1.42. The summed E-state index contributed by atoms with van der Waals surface area (Å²) in [5, 5.41) is 12.9. The molecule has 0 bridgehead atoms. The van der Waals surface area contributed by atoms with Gasteiger partial charge in [-0.2, -0.15) is 5.26 Å². The summed E-state index contributed by atoms with van der Waals surface area (Å²) in [4.78, 5) is 2.18. The normalized spacial score (nSPS) is 13.9. The molecule has 1 aliphatic carbocycles. The van der Waals surface area contributed by atoms with Crippen molar-refractivity contribution in [3.63, 3.8) is 0 Å². The standard InChI is InChI=1S/C13H15N3S/c1-2-16(11-7-8-11)13(17)15-12-6-4-3-5-10(12)9-14/h3-6,11H,2,7-8H2,1H3,(H,15,17). The average molecular weight is 245 g/mol. The molecule has 1 aromatic carbocycles. The molecule has 0 heterocycles. The van der Waals surface area contributed by atoms with Crippen molar-refractivity contribution in [2.45, 2.75) is 25.8 Å². The molecular formula is C13H15N3S. The third-order valence-corrected chi connectivity index (χ3v) is 3.21. The van der Waals surface area contributed by atoms with Crippen LogP contribution in [0.1, 0.15) is 25.3 Å². The van der Waals surface area contributed by atoms with Crippen LogP contribution in [0.2, 0.25) is 0 Å². The molecule has 0 saturated heterocycles. The number of hydrogen-bond donors (Lipinski definition) is 1. The van der Waals surface area contributed by atoms with E-state index in [1.54, 1.807) is 6.07 Å². The van der Waals surface area contributed by atoms with Gasteiger partial charge in [0.15, 0.2) is 5.11 Å². The molecule has 0 aliphatic heterocycles. The van der Waals surface area contributed by atoms with E-state index in [4.69, 9.17) is 17.5 Å². The minimum Gasteiger partial charge on any atom is -0.346 e. The second-order valence-corrected chi connectivity index (χ2v) is 4.49. The van der Waals surface area contributed by atoms with Crippen LogP contribution in [0.15, 0.2) is 24.3 Å². The molecule has 0 aromatic heterocycles. The summed E-state index contributed by atoms with van der Waals surface area (Å²) in [6.45, 7) is 3.01. The van der Waals surface area contributed by atoms with Gasteiger partial charge < -0.3 is 10.2 Å². The molecule has 17 heavy (non-hydrogen) atoms. The maximum absolute atomic E-state index is 9.00. The Labute approximate surface area is 107 Å². The second kappa shape index (κ2) is 5.15. The largest absolute Gasteiger partial charge is 0.346 e. The van der Waals surface area contributed by atoms with Gasteiger partial charge in [0, 0.05) is 12.6 Å². The van der Waals surface area contributed by atoms with E-state index in [1.807, 2.05) is 18.2 Å². The third kappa shape index (κ3) is 2.75. The zero-order chi connectivity index (χ0) is 12.3. The first-order valence-corrected chi connectivity index (χ1v) is 6.23. The number of para-hydroxylation sites is 1. The molecule has 0 spiro atoms.